The zero-order valence-electron chi connectivity index (χ0n) is 20.0. The van der Waals surface area contributed by atoms with Crippen molar-refractivity contribution in [2.24, 2.45) is 0 Å². The second kappa shape index (κ2) is 16.1. The molecule has 0 spiro atoms. The number of carbonyl (C=O) groups excluding carboxylic acids is 2. The van der Waals surface area contributed by atoms with Crippen molar-refractivity contribution < 1.29 is 19.1 Å². The molecule has 2 heterocycles. The van der Waals surface area contributed by atoms with E-state index in [9.17, 15) is 9.59 Å². The summed E-state index contributed by atoms with van der Waals surface area (Å²) in [6.07, 6.45) is 0. The fourth-order valence-corrected chi connectivity index (χ4v) is 4.53. The van der Waals surface area contributed by atoms with Gasteiger partial charge >= 0.3 is 11.9 Å². The minimum absolute atomic E-state index is 0. The van der Waals surface area contributed by atoms with Crippen LogP contribution in [0.5, 0.6) is 0 Å². The van der Waals surface area contributed by atoms with E-state index >= 15 is 0 Å². The molecule has 0 saturated carbocycles. The molecule has 0 fully saturated rings. The number of halogens is 1. The van der Waals surface area contributed by atoms with Crippen LogP contribution in [0.4, 0.5) is 0 Å². The smallest absolute Gasteiger partial charge is 0.316 e. The fraction of sp³-hybridized carbons (Fsp3) is 0.259. The second-order valence-electron chi connectivity index (χ2n) is 7.22. The Balaban J connectivity index is 0.000000298. The Labute approximate surface area is 229 Å². The lowest BCUT2D eigenvalue weighted by molar-refractivity contribution is -0.138. The first-order chi connectivity index (χ1) is 16.8. The third kappa shape index (κ3) is 9.72. The topological polar surface area (TPSA) is 81.3 Å². The number of aryl methyl sites for hydroxylation is 2. The number of benzene rings is 2. The van der Waals surface area contributed by atoms with Crippen molar-refractivity contribution in [3.05, 3.63) is 76.6 Å². The van der Waals surface area contributed by atoms with Gasteiger partial charge in [0.15, 0.2) is 0 Å². The van der Waals surface area contributed by atoms with E-state index in [1.807, 2.05) is 74.5 Å². The number of esters is 2. The van der Waals surface area contributed by atoms with Crippen LogP contribution >= 0.6 is 39.9 Å². The molecular formula is C27H31BrN2O4S2. The Morgan fingerprint density at radius 1 is 0.972 bits per heavy atom. The number of H-pyrrole nitrogens is 1. The van der Waals surface area contributed by atoms with Gasteiger partial charge in [0, 0.05) is 37.1 Å². The number of para-hydroxylation sites is 2. The molecule has 0 aliphatic heterocycles. The molecular weight excluding hydrogens is 560 g/mol. The van der Waals surface area contributed by atoms with Crippen LogP contribution in [-0.4, -0.2) is 47.2 Å². The standard InChI is InChI=1S/C13H13NO2S.C10H9NS.C3H5BrO2.CH4/c1-9-7-12(17-8-13(15)16-2)10-5-3-4-6-11(10)14-9;1-7-6-10(12)8-4-2-3-5-9(8)11-7;1-6-3(5)2-4;/h3-7H,8H2,1-2H3;2-6H,1H3,(H,11,12);2H2,1H3;1H4. The van der Waals surface area contributed by atoms with Gasteiger partial charge in [-0.1, -0.05) is 72.0 Å². The number of pyridine rings is 2. The van der Waals surface area contributed by atoms with Gasteiger partial charge in [-0.25, -0.2) is 0 Å². The molecule has 0 unspecified atom stereocenters. The van der Waals surface area contributed by atoms with E-state index in [-0.39, 0.29) is 24.7 Å². The first-order valence-corrected chi connectivity index (χ1v) is 13.1. The Bertz CT molecular complexity index is 1350. The third-order valence-electron chi connectivity index (χ3n) is 4.59. The van der Waals surface area contributed by atoms with E-state index in [4.69, 9.17) is 12.2 Å². The molecule has 0 bridgehead atoms. The highest BCUT2D eigenvalue weighted by atomic mass is 79.9. The van der Waals surface area contributed by atoms with Gasteiger partial charge in [-0.15, -0.1) is 11.8 Å². The molecule has 6 nitrogen and oxygen atoms in total. The summed E-state index contributed by atoms with van der Waals surface area (Å²) in [6.45, 7) is 3.97. The van der Waals surface area contributed by atoms with Crippen molar-refractivity contribution >= 4 is 73.7 Å². The molecule has 2 aromatic carbocycles. The average Bonchev–Trinajstić information content (AvgIpc) is 2.87. The summed E-state index contributed by atoms with van der Waals surface area (Å²) in [7, 11) is 2.75. The van der Waals surface area contributed by atoms with E-state index in [1.165, 1.54) is 26.0 Å². The van der Waals surface area contributed by atoms with Gasteiger partial charge in [0.05, 0.1) is 25.5 Å². The number of nitrogens with zero attached hydrogens (tertiary/aromatic N) is 1. The molecule has 0 saturated heterocycles. The summed E-state index contributed by atoms with van der Waals surface area (Å²) in [4.78, 5) is 29.8. The second-order valence-corrected chi connectivity index (χ2v) is 9.23. The minimum atomic E-state index is -0.241. The molecule has 0 aliphatic carbocycles. The van der Waals surface area contributed by atoms with Crippen LogP contribution in [0.25, 0.3) is 21.8 Å². The van der Waals surface area contributed by atoms with Gasteiger partial charge < -0.3 is 14.5 Å². The zero-order valence-corrected chi connectivity index (χ0v) is 23.2. The van der Waals surface area contributed by atoms with Gasteiger partial charge in [-0.2, -0.15) is 0 Å². The number of methoxy groups -OCH3 is 2. The number of hydrogen-bond acceptors (Lipinski definition) is 7. The van der Waals surface area contributed by atoms with Crippen LogP contribution in [0.15, 0.2) is 65.6 Å². The molecule has 36 heavy (non-hydrogen) atoms. The van der Waals surface area contributed by atoms with E-state index in [0.717, 1.165) is 42.6 Å². The molecule has 192 valence electrons. The molecule has 4 aromatic rings. The Morgan fingerprint density at radius 3 is 2.19 bits per heavy atom. The van der Waals surface area contributed by atoms with Crippen LogP contribution in [0.2, 0.25) is 0 Å². The Kier molecular flexibility index (Phi) is 14.0. The molecule has 1 N–H and O–H groups in total. The van der Waals surface area contributed by atoms with E-state index < -0.39 is 0 Å². The summed E-state index contributed by atoms with van der Waals surface area (Å²) in [6, 6.07) is 20.0. The SMILES string of the molecule is C.COC(=O)CBr.COC(=O)CSc1cc(C)nc2ccccc12.Cc1cc(=S)c2ccccc2[nH]1. The number of carbonyl (C=O) groups is 2. The van der Waals surface area contributed by atoms with Gasteiger partial charge in [0.1, 0.15) is 5.33 Å². The number of nitrogens with one attached hydrogen (secondary N) is 1. The summed E-state index contributed by atoms with van der Waals surface area (Å²) in [5, 5.41) is 2.48. The maximum atomic E-state index is 11.1. The Morgan fingerprint density at radius 2 is 1.58 bits per heavy atom. The monoisotopic (exact) mass is 590 g/mol. The number of rotatable bonds is 4. The van der Waals surface area contributed by atoms with E-state index in [2.05, 4.69) is 35.4 Å². The highest BCUT2D eigenvalue weighted by Crippen LogP contribution is 2.27. The summed E-state index contributed by atoms with van der Waals surface area (Å²) >= 11 is 9.60. The molecule has 4 rings (SSSR count). The van der Waals surface area contributed by atoms with Gasteiger partial charge in [-0.3, -0.25) is 14.6 Å². The van der Waals surface area contributed by atoms with Gasteiger partial charge in [-0.05, 0) is 38.1 Å². The van der Waals surface area contributed by atoms with Crippen LogP contribution in [0.1, 0.15) is 18.8 Å². The lowest BCUT2D eigenvalue weighted by atomic mass is 10.2. The van der Waals surface area contributed by atoms with Crippen molar-refractivity contribution in [1.29, 1.82) is 0 Å². The summed E-state index contributed by atoms with van der Waals surface area (Å²) in [5.41, 5.74) is 4.14. The lowest BCUT2D eigenvalue weighted by Crippen LogP contribution is -2.03. The Hall–Kier alpha value is -2.75. The van der Waals surface area contributed by atoms with E-state index in [0.29, 0.717) is 5.75 Å². The van der Waals surface area contributed by atoms with Gasteiger partial charge in [0.25, 0.3) is 0 Å². The average molecular weight is 592 g/mol. The van der Waals surface area contributed by atoms with Crippen molar-refractivity contribution in [2.75, 3.05) is 25.3 Å². The predicted molar refractivity (Wildman–Crippen MR) is 156 cm³/mol. The quantitative estimate of drug-likeness (QED) is 0.116. The summed E-state index contributed by atoms with van der Waals surface area (Å²) in [5.74, 6) is -0.132. The number of hydrogen-bond donors (Lipinski definition) is 1. The van der Waals surface area contributed by atoms with Crippen molar-refractivity contribution in [2.45, 2.75) is 26.2 Å². The number of aromatic amines is 1. The van der Waals surface area contributed by atoms with Crippen molar-refractivity contribution in [3.63, 3.8) is 0 Å². The predicted octanol–water partition coefficient (Wildman–Crippen LogP) is 7.20. The molecule has 0 aliphatic rings. The first-order valence-electron chi connectivity index (χ1n) is 10.6. The molecule has 2 aromatic heterocycles. The molecule has 9 heteroatoms. The van der Waals surface area contributed by atoms with Crippen molar-refractivity contribution in [1.82, 2.24) is 9.97 Å². The van der Waals surface area contributed by atoms with Crippen LogP contribution in [0, 0.1) is 18.4 Å². The lowest BCUT2D eigenvalue weighted by Gasteiger charge is -2.06. The number of aromatic nitrogens is 2. The van der Waals surface area contributed by atoms with E-state index in [1.54, 1.807) is 0 Å². The first kappa shape index (κ1) is 31.3. The summed E-state index contributed by atoms with van der Waals surface area (Å²) < 4.78 is 9.77. The van der Waals surface area contributed by atoms with Crippen LogP contribution in [0.3, 0.4) is 0 Å². The maximum absolute atomic E-state index is 11.1. The maximum Gasteiger partial charge on any atom is 0.316 e. The largest absolute Gasteiger partial charge is 0.468 e. The molecule has 0 atom stereocenters. The fourth-order valence-electron chi connectivity index (χ4n) is 2.97. The minimum Gasteiger partial charge on any atom is -0.468 e. The van der Waals surface area contributed by atoms with Crippen LogP contribution < -0.4 is 0 Å². The molecule has 0 radical (unpaired) electrons. The highest BCUT2D eigenvalue weighted by Gasteiger charge is 2.07. The molecule has 0 amide bonds. The number of thioether (sulfide) groups is 1. The third-order valence-corrected chi connectivity index (χ3v) is 6.41. The number of fused-ring (bicyclic) bond motifs is 2. The number of alkyl halides is 1. The highest BCUT2D eigenvalue weighted by molar-refractivity contribution is 9.09. The number of ether oxygens (including phenoxy) is 2. The zero-order chi connectivity index (χ0) is 25.8. The van der Waals surface area contributed by atoms with Gasteiger partial charge in [0.2, 0.25) is 0 Å². The van der Waals surface area contributed by atoms with Crippen LogP contribution in [-0.2, 0) is 19.1 Å². The normalized spacial score (nSPS) is 9.69. The van der Waals surface area contributed by atoms with Crippen molar-refractivity contribution in [3.8, 4) is 0 Å².